The van der Waals surface area contributed by atoms with Gasteiger partial charge < -0.3 is 11.1 Å². The van der Waals surface area contributed by atoms with Gasteiger partial charge in [0, 0.05) is 5.33 Å². The van der Waals surface area contributed by atoms with Crippen LogP contribution < -0.4 is 11.1 Å². The zero-order valence-corrected chi connectivity index (χ0v) is 20.2. The lowest BCUT2D eigenvalue weighted by molar-refractivity contribution is -0.115. The van der Waals surface area contributed by atoms with Gasteiger partial charge in [0.05, 0.1) is 31.1 Å². The molecule has 0 aliphatic carbocycles. The lowest BCUT2D eigenvalue weighted by atomic mass is 10.2. The molecule has 0 bridgehead atoms. The van der Waals surface area contributed by atoms with Crippen LogP contribution in [0.1, 0.15) is 5.56 Å². The number of anilines is 2. The minimum Gasteiger partial charge on any atom is -0.398 e. The van der Waals surface area contributed by atoms with E-state index in [1.54, 1.807) is 0 Å². The highest BCUT2D eigenvalue weighted by molar-refractivity contribution is 9.12. The molecule has 13 heteroatoms. The summed E-state index contributed by atoms with van der Waals surface area (Å²) in [5.41, 5.74) is 5.81. The lowest BCUT2D eigenvalue weighted by Gasteiger charge is -2.14. The third-order valence-corrected chi connectivity index (χ3v) is 9.19. The molecule has 0 saturated carbocycles. The van der Waals surface area contributed by atoms with Gasteiger partial charge in [-0.05, 0) is 36.8 Å². The largest absolute Gasteiger partial charge is 0.398 e. The smallest absolute Gasteiger partial charge is 0.294 e. The van der Waals surface area contributed by atoms with Crippen molar-refractivity contribution in [3.63, 3.8) is 0 Å². The Labute approximate surface area is 189 Å². The number of sulfone groups is 1. The van der Waals surface area contributed by atoms with Crippen molar-refractivity contribution in [3.8, 4) is 0 Å². The van der Waals surface area contributed by atoms with Crippen LogP contribution in [-0.2, 0) is 24.7 Å². The minimum atomic E-state index is -4.64. The van der Waals surface area contributed by atoms with Crippen LogP contribution in [0, 0.1) is 6.92 Å². The number of hydrogen-bond acceptors (Lipinski definition) is 6. The molecule has 0 fully saturated rings. The predicted molar refractivity (Wildman–Crippen MR) is 117 cm³/mol. The number of carbonyl (C=O) groups is 1. The number of nitrogens with two attached hydrogens (primary N) is 1. The summed E-state index contributed by atoms with van der Waals surface area (Å²) < 4.78 is 58.5. The van der Waals surface area contributed by atoms with Crippen molar-refractivity contribution in [2.24, 2.45) is 0 Å². The molecule has 158 valence electrons. The molecular formula is C16H15Br2ClN2O6S2. The molecule has 4 N–H and O–H groups in total. The summed E-state index contributed by atoms with van der Waals surface area (Å²) in [6.45, 7) is 1.41. The number of nitrogens with one attached hydrogen (secondary N) is 1. The summed E-state index contributed by atoms with van der Waals surface area (Å²) in [7, 11) is -8.94. The first-order valence-electron chi connectivity index (χ1n) is 7.72. The van der Waals surface area contributed by atoms with E-state index in [0.717, 1.165) is 12.1 Å². The van der Waals surface area contributed by atoms with Crippen LogP contribution in [0.5, 0.6) is 0 Å². The van der Waals surface area contributed by atoms with Crippen molar-refractivity contribution in [2.45, 2.75) is 26.4 Å². The third kappa shape index (κ3) is 5.30. The number of alkyl halides is 2. The molecule has 29 heavy (non-hydrogen) atoms. The van der Waals surface area contributed by atoms with Crippen molar-refractivity contribution in [1.29, 1.82) is 0 Å². The fraction of sp³-hybridized carbons (Fsp3) is 0.188. The second-order valence-corrected chi connectivity index (χ2v) is 11.4. The Kier molecular flexibility index (Phi) is 7.39. The topological polar surface area (TPSA) is 144 Å². The van der Waals surface area contributed by atoms with E-state index < -0.39 is 40.5 Å². The second kappa shape index (κ2) is 8.90. The number of hydrogen-bond donors (Lipinski definition) is 3. The van der Waals surface area contributed by atoms with Gasteiger partial charge >= 0.3 is 0 Å². The maximum atomic E-state index is 13.1. The zero-order valence-electron chi connectivity index (χ0n) is 14.7. The van der Waals surface area contributed by atoms with Crippen LogP contribution in [-0.4, -0.2) is 37.5 Å². The summed E-state index contributed by atoms with van der Waals surface area (Å²) in [6.07, 6.45) is 0. The van der Waals surface area contributed by atoms with E-state index in [9.17, 15) is 26.2 Å². The predicted octanol–water partition coefficient (Wildman–Crippen LogP) is 3.41. The van der Waals surface area contributed by atoms with Gasteiger partial charge in [0.2, 0.25) is 15.7 Å². The Morgan fingerprint density at radius 2 is 1.83 bits per heavy atom. The Bertz CT molecular complexity index is 1190. The average Bonchev–Trinajstić information content (AvgIpc) is 2.62. The normalized spacial score (nSPS) is 13.1. The first-order valence-corrected chi connectivity index (χ1v) is 13.1. The molecule has 2 aromatic carbocycles. The summed E-state index contributed by atoms with van der Waals surface area (Å²) in [5, 5.41) is 2.82. The van der Waals surface area contributed by atoms with Gasteiger partial charge in [-0.3, -0.25) is 9.35 Å². The van der Waals surface area contributed by atoms with Crippen LogP contribution in [0.4, 0.5) is 11.4 Å². The van der Waals surface area contributed by atoms with Crippen molar-refractivity contribution in [2.75, 3.05) is 16.4 Å². The highest BCUT2D eigenvalue weighted by Crippen LogP contribution is 2.35. The molecular weight excluding hydrogens is 576 g/mol. The van der Waals surface area contributed by atoms with Crippen molar-refractivity contribution >= 4 is 80.7 Å². The molecule has 1 atom stereocenters. The molecule has 2 aromatic rings. The maximum Gasteiger partial charge on any atom is 0.294 e. The number of amides is 1. The Morgan fingerprint density at radius 1 is 1.21 bits per heavy atom. The van der Waals surface area contributed by atoms with Crippen molar-refractivity contribution in [1.82, 2.24) is 0 Å². The Hall–Kier alpha value is -1.18. The molecule has 0 aliphatic rings. The van der Waals surface area contributed by atoms with Crippen LogP contribution >= 0.6 is 43.5 Å². The molecule has 0 radical (unpaired) electrons. The number of halogens is 3. The molecule has 0 aromatic heterocycles. The van der Waals surface area contributed by atoms with Gasteiger partial charge in [-0.25, -0.2) is 8.42 Å². The monoisotopic (exact) mass is 588 g/mol. The maximum absolute atomic E-state index is 13.1. The van der Waals surface area contributed by atoms with E-state index in [2.05, 4.69) is 37.2 Å². The van der Waals surface area contributed by atoms with Crippen LogP contribution in [0.15, 0.2) is 45.0 Å². The SMILES string of the molecule is Cc1ccc(S(=O)(=O)c2cc(NC(=O)C(Br)CBr)c(Cl)cc2N)cc1S(=O)(=O)O. The van der Waals surface area contributed by atoms with Gasteiger partial charge in [0.15, 0.2) is 0 Å². The number of carbonyl (C=O) groups excluding carboxylic acids is 1. The Morgan fingerprint density at radius 3 is 2.38 bits per heavy atom. The first kappa shape index (κ1) is 24.1. The average molecular weight is 591 g/mol. The molecule has 1 amide bonds. The third-order valence-electron chi connectivity index (χ3n) is 3.81. The summed E-state index contributed by atoms with van der Waals surface area (Å²) in [4.78, 5) is 10.2. The fourth-order valence-corrected chi connectivity index (χ4v) is 5.20. The van der Waals surface area contributed by atoms with E-state index in [1.807, 2.05) is 0 Å². The first-order chi connectivity index (χ1) is 13.3. The number of nitrogen functional groups attached to an aromatic ring is 1. The number of rotatable bonds is 6. The molecule has 0 aliphatic heterocycles. The summed E-state index contributed by atoms with van der Waals surface area (Å²) >= 11 is 12.3. The highest BCUT2D eigenvalue weighted by Gasteiger charge is 2.26. The molecule has 2 rings (SSSR count). The minimum absolute atomic E-state index is 0.0111. The van der Waals surface area contributed by atoms with E-state index >= 15 is 0 Å². The van der Waals surface area contributed by atoms with Gasteiger partial charge in [-0.2, -0.15) is 8.42 Å². The molecule has 8 nitrogen and oxygen atoms in total. The zero-order chi connectivity index (χ0) is 22.1. The van der Waals surface area contributed by atoms with Crippen LogP contribution in [0.2, 0.25) is 5.02 Å². The van der Waals surface area contributed by atoms with Crippen LogP contribution in [0.25, 0.3) is 0 Å². The molecule has 0 saturated heterocycles. The van der Waals surface area contributed by atoms with Gasteiger partial charge in [-0.1, -0.05) is 49.5 Å². The number of aryl methyl sites for hydroxylation is 1. The molecule has 1 unspecified atom stereocenters. The van der Waals surface area contributed by atoms with E-state index in [-0.39, 0.29) is 26.9 Å². The van der Waals surface area contributed by atoms with Crippen molar-refractivity contribution in [3.05, 3.63) is 40.9 Å². The highest BCUT2D eigenvalue weighted by atomic mass is 79.9. The van der Waals surface area contributed by atoms with E-state index in [1.165, 1.54) is 25.1 Å². The van der Waals surface area contributed by atoms with Gasteiger partial charge in [-0.15, -0.1) is 0 Å². The number of benzene rings is 2. The quantitative estimate of drug-likeness (QED) is 0.266. The van der Waals surface area contributed by atoms with Crippen molar-refractivity contribution < 1.29 is 26.2 Å². The summed E-state index contributed by atoms with van der Waals surface area (Å²) in [6, 6.07) is 5.53. The standard InChI is InChI=1S/C16H15Br2ClN2O6S2/c1-8-2-3-9(4-14(8)29(25,26)27)28(23,24)15-6-13(11(19)5-12(15)20)21-16(22)10(18)7-17/h2-6,10H,7,20H2,1H3,(H,21,22)(H,25,26,27). The lowest BCUT2D eigenvalue weighted by Crippen LogP contribution is -2.24. The van der Waals surface area contributed by atoms with Gasteiger partial charge in [0.25, 0.3) is 10.1 Å². The second-order valence-electron chi connectivity index (χ2n) is 5.89. The van der Waals surface area contributed by atoms with E-state index in [4.69, 9.17) is 17.3 Å². The Balaban J connectivity index is 2.62. The van der Waals surface area contributed by atoms with Crippen LogP contribution in [0.3, 0.4) is 0 Å². The molecule has 0 spiro atoms. The molecule has 0 heterocycles. The summed E-state index contributed by atoms with van der Waals surface area (Å²) in [5.74, 6) is -0.471. The van der Waals surface area contributed by atoms with E-state index in [0.29, 0.717) is 5.33 Å². The van der Waals surface area contributed by atoms with Gasteiger partial charge in [0.1, 0.15) is 4.83 Å². The fourth-order valence-electron chi connectivity index (χ4n) is 2.33.